The fourth-order valence-corrected chi connectivity index (χ4v) is 2.47. The second kappa shape index (κ2) is 6.24. The zero-order chi connectivity index (χ0) is 12.9. The molecule has 0 radical (unpaired) electrons. The molecule has 1 aliphatic heterocycles. The molecule has 1 rings (SSSR count). The lowest BCUT2D eigenvalue weighted by molar-refractivity contribution is 0.181. The first-order valence-corrected chi connectivity index (χ1v) is 6.64. The molecule has 0 unspecified atom stereocenters. The van der Waals surface area contributed by atoms with E-state index in [0.717, 1.165) is 39.1 Å². The standard InChI is InChI=1S/C13H27N3O/c1-11(2)9-13(3,4)10-15-12(17)16-7-5-14-6-8-16/h11,14H,5-10H2,1-4H3,(H,15,17). The molecule has 0 atom stereocenters. The van der Waals surface area contributed by atoms with Crippen LogP contribution in [0, 0.1) is 11.3 Å². The highest BCUT2D eigenvalue weighted by atomic mass is 16.2. The summed E-state index contributed by atoms with van der Waals surface area (Å²) in [5.41, 5.74) is 0.178. The third-order valence-electron chi connectivity index (χ3n) is 3.08. The Bertz CT molecular complexity index is 245. The van der Waals surface area contributed by atoms with Crippen molar-refractivity contribution in [3.05, 3.63) is 0 Å². The van der Waals surface area contributed by atoms with E-state index in [1.165, 1.54) is 0 Å². The van der Waals surface area contributed by atoms with Crippen LogP contribution in [0.3, 0.4) is 0 Å². The van der Waals surface area contributed by atoms with Crippen molar-refractivity contribution in [1.29, 1.82) is 0 Å². The van der Waals surface area contributed by atoms with Crippen LogP contribution in [0.2, 0.25) is 0 Å². The second-order valence-electron chi connectivity index (χ2n) is 6.16. The van der Waals surface area contributed by atoms with Crippen LogP contribution in [-0.2, 0) is 0 Å². The Morgan fingerprint density at radius 1 is 1.35 bits per heavy atom. The van der Waals surface area contributed by atoms with Crippen molar-refractivity contribution in [3.8, 4) is 0 Å². The summed E-state index contributed by atoms with van der Waals surface area (Å²) in [6, 6.07) is 0.0864. The van der Waals surface area contributed by atoms with Crippen molar-refractivity contribution >= 4 is 6.03 Å². The third kappa shape index (κ3) is 5.39. The summed E-state index contributed by atoms with van der Waals surface area (Å²) in [5, 5.41) is 6.30. The first kappa shape index (κ1) is 14.3. The van der Waals surface area contributed by atoms with Gasteiger partial charge in [-0.25, -0.2) is 4.79 Å². The molecule has 0 spiro atoms. The van der Waals surface area contributed by atoms with Gasteiger partial charge in [0.25, 0.3) is 0 Å². The number of piperazine rings is 1. The maximum atomic E-state index is 11.9. The average Bonchev–Trinajstić information content (AvgIpc) is 2.25. The Hall–Kier alpha value is -0.770. The number of carbonyl (C=O) groups is 1. The summed E-state index contributed by atoms with van der Waals surface area (Å²) < 4.78 is 0. The Kier molecular flexibility index (Phi) is 5.25. The van der Waals surface area contributed by atoms with Crippen molar-refractivity contribution in [2.24, 2.45) is 11.3 Å². The normalized spacial score (nSPS) is 17.4. The Labute approximate surface area is 105 Å². The highest BCUT2D eigenvalue weighted by Gasteiger charge is 2.22. The van der Waals surface area contributed by atoms with Crippen LogP contribution in [0.25, 0.3) is 0 Å². The molecule has 2 amide bonds. The molecule has 1 fully saturated rings. The first-order valence-electron chi connectivity index (χ1n) is 6.64. The SMILES string of the molecule is CC(C)CC(C)(C)CNC(=O)N1CCNCC1. The summed E-state index contributed by atoms with van der Waals surface area (Å²) in [5.74, 6) is 0.668. The number of carbonyl (C=O) groups excluding carboxylic acids is 1. The fourth-order valence-electron chi connectivity index (χ4n) is 2.47. The quantitative estimate of drug-likeness (QED) is 0.786. The smallest absolute Gasteiger partial charge is 0.317 e. The summed E-state index contributed by atoms with van der Waals surface area (Å²) >= 11 is 0. The highest BCUT2D eigenvalue weighted by Crippen LogP contribution is 2.24. The van der Waals surface area contributed by atoms with Gasteiger partial charge in [-0.05, 0) is 17.8 Å². The van der Waals surface area contributed by atoms with Gasteiger partial charge >= 0.3 is 6.03 Å². The molecule has 4 heteroatoms. The lowest BCUT2D eigenvalue weighted by Gasteiger charge is -2.31. The van der Waals surface area contributed by atoms with Crippen LogP contribution < -0.4 is 10.6 Å². The Morgan fingerprint density at radius 3 is 2.47 bits per heavy atom. The van der Waals surface area contributed by atoms with Crippen molar-refractivity contribution in [3.63, 3.8) is 0 Å². The predicted octanol–water partition coefficient (Wildman–Crippen LogP) is 1.67. The predicted molar refractivity (Wildman–Crippen MR) is 71.1 cm³/mol. The minimum atomic E-state index is 0.0864. The van der Waals surface area contributed by atoms with E-state index in [-0.39, 0.29) is 11.4 Å². The molecule has 1 saturated heterocycles. The van der Waals surface area contributed by atoms with E-state index in [4.69, 9.17) is 0 Å². The van der Waals surface area contributed by atoms with Crippen molar-refractivity contribution < 1.29 is 4.79 Å². The van der Waals surface area contributed by atoms with Gasteiger partial charge in [0.1, 0.15) is 0 Å². The third-order valence-corrected chi connectivity index (χ3v) is 3.08. The Balaban J connectivity index is 2.31. The van der Waals surface area contributed by atoms with E-state index in [1.54, 1.807) is 0 Å². The monoisotopic (exact) mass is 241 g/mol. The second-order valence-corrected chi connectivity index (χ2v) is 6.16. The van der Waals surface area contributed by atoms with Crippen LogP contribution >= 0.6 is 0 Å². The van der Waals surface area contributed by atoms with Crippen molar-refractivity contribution in [2.45, 2.75) is 34.1 Å². The summed E-state index contributed by atoms with van der Waals surface area (Å²) in [4.78, 5) is 13.8. The number of amides is 2. The number of nitrogens with zero attached hydrogens (tertiary/aromatic N) is 1. The van der Waals surface area contributed by atoms with E-state index in [9.17, 15) is 4.79 Å². The fraction of sp³-hybridized carbons (Fsp3) is 0.923. The van der Waals surface area contributed by atoms with Gasteiger partial charge in [-0.3, -0.25) is 0 Å². The van der Waals surface area contributed by atoms with E-state index in [2.05, 4.69) is 38.3 Å². The number of rotatable bonds is 4. The van der Waals surface area contributed by atoms with Gasteiger partial charge in [0.2, 0.25) is 0 Å². The molecule has 0 aromatic rings. The lowest BCUT2D eigenvalue weighted by atomic mass is 9.84. The minimum Gasteiger partial charge on any atom is -0.337 e. The van der Waals surface area contributed by atoms with E-state index < -0.39 is 0 Å². The van der Waals surface area contributed by atoms with Gasteiger partial charge in [0.05, 0.1) is 0 Å². The summed E-state index contributed by atoms with van der Waals surface area (Å²) in [7, 11) is 0. The van der Waals surface area contributed by atoms with Crippen LogP contribution in [-0.4, -0.2) is 43.7 Å². The van der Waals surface area contributed by atoms with Gasteiger partial charge in [-0.1, -0.05) is 27.7 Å². The highest BCUT2D eigenvalue weighted by molar-refractivity contribution is 5.74. The molecule has 0 aromatic heterocycles. The average molecular weight is 241 g/mol. The molecule has 0 aliphatic carbocycles. The largest absolute Gasteiger partial charge is 0.337 e. The van der Waals surface area contributed by atoms with Gasteiger partial charge < -0.3 is 15.5 Å². The number of hydrogen-bond donors (Lipinski definition) is 2. The van der Waals surface area contributed by atoms with Gasteiger partial charge in [-0.15, -0.1) is 0 Å². The van der Waals surface area contributed by atoms with Crippen LogP contribution in [0.5, 0.6) is 0 Å². The summed E-state index contributed by atoms with van der Waals surface area (Å²) in [6.07, 6.45) is 1.13. The van der Waals surface area contributed by atoms with E-state index in [1.807, 2.05) is 4.90 Å². The molecular weight excluding hydrogens is 214 g/mol. The van der Waals surface area contributed by atoms with Gasteiger partial charge in [-0.2, -0.15) is 0 Å². The topological polar surface area (TPSA) is 44.4 Å². The number of hydrogen-bond acceptors (Lipinski definition) is 2. The van der Waals surface area contributed by atoms with E-state index in [0.29, 0.717) is 5.92 Å². The van der Waals surface area contributed by atoms with Crippen LogP contribution in [0.1, 0.15) is 34.1 Å². The lowest BCUT2D eigenvalue weighted by Crippen LogP contribution is -2.51. The van der Waals surface area contributed by atoms with Crippen molar-refractivity contribution in [2.75, 3.05) is 32.7 Å². The zero-order valence-corrected chi connectivity index (χ0v) is 11.7. The molecule has 2 N–H and O–H groups in total. The van der Waals surface area contributed by atoms with Crippen LogP contribution in [0.15, 0.2) is 0 Å². The maximum absolute atomic E-state index is 11.9. The molecule has 0 bridgehead atoms. The molecular formula is C13H27N3O. The molecule has 1 aliphatic rings. The number of urea groups is 1. The summed E-state index contributed by atoms with van der Waals surface area (Å²) in [6.45, 7) is 13.1. The molecule has 4 nitrogen and oxygen atoms in total. The molecule has 1 heterocycles. The molecule has 100 valence electrons. The first-order chi connectivity index (χ1) is 7.91. The van der Waals surface area contributed by atoms with E-state index >= 15 is 0 Å². The van der Waals surface area contributed by atoms with Crippen molar-refractivity contribution in [1.82, 2.24) is 15.5 Å². The maximum Gasteiger partial charge on any atom is 0.317 e. The molecule has 17 heavy (non-hydrogen) atoms. The van der Waals surface area contributed by atoms with Gasteiger partial charge in [0.15, 0.2) is 0 Å². The molecule has 0 saturated carbocycles. The van der Waals surface area contributed by atoms with Crippen LogP contribution in [0.4, 0.5) is 4.79 Å². The van der Waals surface area contributed by atoms with Gasteiger partial charge in [0, 0.05) is 32.7 Å². The zero-order valence-electron chi connectivity index (χ0n) is 11.7. The minimum absolute atomic E-state index is 0.0864. The number of nitrogens with one attached hydrogen (secondary N) is 2. The Morgan fingerprint density at radius 2 is 1.94 bits per heavy atom. The molecule has 0 aromatic carbocycles.